The summed E-state index contributed by atoms with van der Waals surface area (Å²) in [5.74, 6) is -0.437. The summed E-state index contributed by atoms with van der Waals surface area (Å²) in [6.07, 6.45) is 1.51. The fourth-order valence-electron chi connectivity index (χ4n) is 3.92. The summed E-state index contributed by atoms with van der Waals surface area (Å²) < 4.78 is 11.1. The van der Waals surface area contributed by atoms with Gasteiger partial charge in [0.1, 0.15) is 24.0 Å². The van der Waals surface area contributed by atoms with Gasteiger partial charge in [-0.1, -0.05) is 54.6 Å². The minimum absolute atomic E-state index is 0.0770. The normalized spacial score (nSPS) is 11.0. The van der Waals surface area contributed by atoms with Gasteiger partial charge in [-0.2, -0.15) is 5.26 Å². The number of para-hydroxylation sites is 1. The van der Waals surface area contributed by atoms with Crippen LogP contribution in [-0.2, 0) is 16.1 Å². The average Bonchev–Trinajstić information content (AvgIpc) is 2.92. The number of nitriles is 1. The number of hydrogen-bond acceptors (Lipinski definition) is 5. The Morgan fingerprint density at radius 2 is 1.68 bits per heavy atom. The Morgan fingerprint density at radius 1 is 0.946 bits per heavy atom. The van der Waals surface area contributed by atoms with Gasteiger partial charge in [0, 0.05) is 16.8 Å². The van der Waals surface area contributed by atoms with Crippen LogP contribution >= 0.6 is 0 Å². The Hall–Kier alpha value is -4.89. The molecule has 4 aromatic rings. The van der Waals surface area contributed by atoms with Gasteiger partial charge in [-0.05, 0) is 66.6 Å². The number of amides is 1. The second-order valence-corrected chi connectivity index (χ2v) is 8.33. The third-order valence-corrected chi connectivity index (χ3v) is 5.88. The molecule has 0 saturated heterocycles. The van der Waals surface area contributed by atoms with Crippen molar-refractivity contribution < 1.29 is 19.1 Å². The molecule has 0 aliphatic heterocycles. The summed E-state index contributed by atoms with van der Waals surface area (Å²) in [5.41, 5.74) is 3.58. The van der Waals surface area contributed by atoms with Gasteiger partial charge < -0.3 is 14.8 Å². The van der Waals surface area contributed by atoms with Gasteiger partial charge in [0.15, 0.2) is 0 Å². The van der Waals surface area contributed by atoms with Crippen molar-refractivity contribution in [2.45, 2.75) is 20.5 Å². The largest absolute Gasteiger partial charge is 0.488 e. The third-order valence-electron chi connectivity index (χ3n) is 5.88. The lowest BCUT2D eigenvalue weighted by molar-refractivity contribution is -0.112. The van der Waals surface area contributed by atoms with E-state index in [9.17, 15) is 14.9 Å². The molecule has 0 saturated carbocycles. The zero-order chi connectivity index (χ0) is 26.2. The summed E-state index contributed by atoms with van der Waals surface area (Å²) in [5, 5.41) is 14.6. The van der Waals surface area contributed by atoms with E-state index in [0.29, 0.717) is 29.2 Å². The molecule has 6 heteroatoms. The van der Waals surface area contributed by atoms with Gasteiger partial charge in [0.25, 0.3) is 5.91 Å². The van der Waals surface area contributed by atoms with Crippen molar-refractivity contribution in [2.75, 3.05) is 11.9 Å². The van der Waals surface area contributed by atoms with E-state index in [0.717, 1.165) is 21.9 Å². The van der Waals surface area contributed by atoms with Crippen LogP contribution in [0.25, 0.3) is 16.8 Å². The highest BCUT2D eigenvalue weighted by Crippen LogP contribution is 2.27. The van der Waals surface area contributed by atoms with Crippen molar-refractivity contribution in [3.05, 3.63) is 113 Å². The van der Waals surface area contributed by atoms with Crippen LogP contribution in [0, 0.1) is 18.3 Å². The quantitative estimate of drug-likeness (QED) is 0.174. The molecule has 4 rings (SSSR count). The highest BCUT2D eigenvalue weighted by Gasteiger charge is 2.13. The number of rotatable bonds is 8. The molecule has 0 fully saturated rings. The highest BCUT2D eigenvalue weighted by molar-refractivity contribution is 6.10. The first-order valence-corrected chi connectivity index (χ1v) is 11.9. The number of carbonyl (C=O) groups excluding carboxylic acids is 2. The van der Waals surface area contributed by atoms with E-state index >= 15 is 0 Å². The second-order valence-electron chi connectivity index (χ2n) is 8.33. The summed E-state index contributed by atoms with van der Waals surface area (Å²) >= 11 is 0. The van der Waals surface area contributed by atoms with Gasteiger partial charge in [-0.3, -0.25) is 4.79 Å². The topological polar surface area (TPSA) is 88.4 Å². The lowest BCUT2D eigenvalue weighted by atomic mass is 10.0. The van der Waals surface area contributed by atoms with Crippen LogP contribution in [0.5, 0.6) is 5.75 Å². The molecule has 1 amide bonds. The number of esters is 1. The highest BCUT2D eigenvalue weighted by atomic mass is 16.5. The van der Waals surface area contributed by atoms with E-state index in [4.69, 9.17) is 9.47 Å². The Labute approximate surface area is 215 Å². The molecule has 4 aromatic carbocycles. The van der Waals surface area contributed by atoms with Crippen molar-refractivity contribution in [1.82, 2.24) is 0 Å². The van der Waals surface area contributed by atoms with E-state index in [2.05, 4.69) is 29.6 Å². The number of aryl methyl sites for hydroxylation is 1. The first-order chi connectivity index (χ1) is 18.0. The molecule has 37 heavy (non-hydrogen) atoms. The second kappa shape index (κ2) is 11.7. The molecule has 6 nitrogen and oxygen atoms in total. The van der Waals surface area contributed by atoms with Gasteiger partial charge in [-0.25, -0.2) is 4.79 Å². The predicted molar refractivity (Wildman–Crippen MR) is 144 cm³/mol. The maximum Gasteiger partial charge on any atom is 0.338 e. The number of fused-ring (bicyclic) bond motifs is 1. The molecule has 0 aliphatic carbocycles. The molecule has 0 bridgehead atoms. The van der Waals surface area contributed by atoms with Crippen LogP contribution in [0.15, 0.2) is 90.5 Å². The number of hydrogen-bond donors (Lipinski definition) is 1. The zero-order valence-electron chi connectivity index (χ0n) is 20.7. The average molecular weight is 491 g/mol. The van der Waals surface area contributed by atoms with E-state index in [1.807, 2.05) is 43.3 Å². The van der Waals surface area contributed by atoms with Gasteiger partial charge >= 0.3 is 5.97 Å². The first-order valence-electron chi connectivity index (χ1n) is 11.9. The number of nitrogens with one attached hydrogen (secondary N) is 1. The zero-order valence-corrected chi connectivity index (χ0v) is 20.7. The molecular formula is C31H26N2O4. The van der Waals surface area contributed by atoms with E-state index < -0.39 is 11.9 Å². The fraction of sp³-hybridized carbons (Fsp3) is 0.129. The van der Waals surface area contributed by atoms with Gasteiger partial charge in [-0.15, -0.1) is 0 Å². The third kappa shape index (κ3) is 6.03. The summed E-state index contributed by atoms with van der Waals surface area (Å²) in [4.78, 5) is 24.6. The summed E-state index contributed by atoms with van der Waals surface area (Å²) in [6, 6.07) is 27.8. The first kappa shape index (κ1) is 25.2. The maximum atomic E-state index is 12.8. The van der Waals surface area contributed by atoms with Crippen molar-refractivity contribution in [3.63, 3.8) is 0 Å². The molecule has 0 atom stereocenters. The molecule has 0 unspecified atom stereocenters. The van der Waals surface area contributed by atoms with Gasteiger partial charge in [0.05, 0.1) is 12.2 Å². The summed E-state index contributed by atoms with van der Waals surface area (Å²) in [6.45, 7) is 4.41. The molecule has 184 valence electrons. The number of ether oxygens (including phenoxy) is 2. The molecule has 1 N–H and O–H groups in total. The van der Waals surface area contributed by atoms with Crippen LogP contribution in [0.2, 0.25) is 0 Å². The van der Waals surface area contributed by atoms with Crippen LogP contribution < -0.4 is 10.1 Å². The minimum atomic E-state index is -0.564. The molecular weight excluding hydrogens is 464 g/mol. The molecule has 0 heterocycles. The van der Waals surface area contributed by atoms with Crippen LogP contribution in [0.1, 0.15) is 34.0 Å². The van der Waals surface area contributed by atoms with Crippen molar-refractivity contribution in [3.8, 4) is 11.8 Å². The van der Waals surface area contributed by atoms with Crippen LogP contribution in [-0.4, -0.2) is 18.5 Å². The summed E-state index contributed by atoms with van der Waals surface area (Å²) in [7, 11) is 0. The van der Waals surface area contributed by atoms with Crippen molar-refractivity contribution in [2.24, 2.45) is 0 Å². The maximum absolute atomic E-state index is 12.8. The smallest absolute Gasteiger partial charge is 0.338 e. The molecule has 0 spiro atoms. The predicted octanol–water partition coefficient (Wildman–Crippen LogP) is 6.45. The minimum Gasteiger partial charge on any atom is -0.488 e. The number of nitrogens with zero attached hydrogens (tertiary/aromatic N) is 1. The van der Waals surface area contributed by atoms with Gasteiger partial charge in [0.2, 0.25) is 0 Å². The number of carbonyl (C=O) groups is 2. The standard InChI is InChI=1S/C31H26N2O4/c1-3-36-31(35)23-14-16-26(17-15-23)33-30(34)25(19-32)18-24-9-5-7-11-29(24)37-20-28-21(2)12-13-22-8-4-6-10-27(22)28/h4-18H,3,20H2,1-2H3,(H,33,34)/b25-18+. The Balaban J connectivity index is 1.52. The Bertz CT molecular complexity index is 1510. The Morgan fingerprint density at radius 3 is 2.43 bits per heavy atom. The number of anilines is 1. The van der Waals surface area contributed by atoms with Crippen LogP contribution in [0.4, 0.5) is 5.69 Å². The molecule has 0 aliphatic rings. The lowest BCUT2D eigenvalue weighted by Gasteiger charge is -2.14. The molecule has 0 aromatic heterocycles. The van der Waals surface area contributed by atoms with Crippen LogP contribution in [0.3, 0.4) is 0 Å². The monoisotopic (exact) mass is 490 g/mol. The van der Waals surface area contributed by atoms with E-state index in [-0.39, 0.29) is 12.2 Å². The SMILES string of the molecule is CCOC(=O)c1ccc(NC(=O)/C(C#N)=C/c2ccccc2OCc2c(C)ccc3ccccc23)cc1. The van der Waals surface area contributed by atoms with Crippen molar-refractivity contribution >= 4 is 34.4 Å². The van der Waals surface area contributed by atoms with E-state index in [1.54, 1.807) is 37.3 Å². The fourth-order valence-corrected chi connectivity index (χ4v) is 3.92. The number of benzene rings is 4. The Kier molecular flexibility index (Phi) is 7.97. The van der Waals surface area contributed by atoms with Crippen molar-refractivity contribution in [1.29, 1.82) is 5.26 Å². The lowest BCUT2D eigenvalue weighted by Crippen LogP contribution is -2.14. The molecule has 0 radical (unpaired) electrons. The van der Waals surface area contributed by atoms with E-state index in [1.165, 1.54) is 6.08 Å².